The van der Waals surface area contributed by atoms with Gasteiger partial charge in [0.05, 0.1) is 12.7 Å². The van der Waals surface area contributed by atoms with Crippen molar-refractivity contribution in [2.75, 3.05) is 6.61 Å². The zero-order valence-electron chi connectivity index (χ0n) is 6.28. The lowest BCUT2D eigenvalue weighted by Crippen LogP contribution is -2.24. The fourth-order valence-corrected chi connectivity index (χ4v) is 0.895. The smallest absolute Gasteiger partial charge is 0.121 e. The summed E-state index contributed by atoms with van der Waals surface area (Å²) >= 11 is 0. The van der Waals surface area contributed by atoms with Crippen LogP contribution >= 0.6 is 0 Å². The number of nitrogens with zero attached hydrogens (tertiary/aromatic N) is 2. The zero-order chi connectivity index (χ0) is 9.03. The van der Waals surface area contributed by atoms with Crippen molar-refractivity contribution in [3.63, 3.8) is 0 Å². The van der Waals surface area contributed by atoms with Gasteiger partial charge in [-0.3, -0.25) is 0 Å². The Hall–Kier alpha value is -1.78. The standard InChI is InChI=1S/C8H7N3O/c9-4-7-3-8(5-10,6-12)1-2-11-7/h1-3,11-12H,6H2. The van der Waals surface area contributed by atoms with E-state index in [4.69, 9.17) is 15.6 Å². The number of rotatable bonds is 1. The largest absolute Gasteiger partial charge is 0.394 e. The maximum absolute atomic E-state index is 8.90. The molecule has 0 amide bonds. The molecule has 4 heteroatoms. The molecular weight excluding hydrogens is 154 g/mol. The van der Waals surface area contributed by atoms with E-state index in [-0.39, 0.29) is 12.3 Å². The molecule has 1 atom stereocenters. The highest BCUT2D eigenvalue weighted by atomic mass is 16.3. The molecule has 0 saturated carbocycles. The van der Waals surface area contributed by atoms with E-state index in [1.807, 2.05) is 12.1 Å². The lowest BCUT2D eigenvalue weighted by Gasteiger charge is -2.19. The monoisotopic (exact) mass is 161 g/mol. The van der Waals surface area contributed by atoms with E-state index in [1.54, 1.807) is 0 Å². The van der Waals surface area contributed by atoms with Crippen LogP contribution in [-0.4, -0.2) is 11.7 Å². The first-order valence-electron chi connectivity index (χ1n) is 3.36. The lowest BCUT2D eigenvalue weighted by molar-refractivity contribution is 0.239. The van der Waals surface area contributed by atoms with Crippen molar-refractivity contribution < 1.29 is 5.11 Å². The molecule has 12 heavy (non-hydrogen) atoms. The number of nitriles is 2. The first kappa shape index (κ1) is 8.32. The number of hydrogen-bond acceptors (Lipinski definition) is 4. The Balaban J connectivity index is 3.01. The Morgan fingerprint density at radius 1 is 1.58 bits per heavy atom. The molecule has 0 aromatic carbocycles. The van der Waals surface area contributed by atoms with Gasteiger partial charge in [-0.05, 0) is 18.4 Å². The van der Waals surface area contributed by atoms with Crippen molar-refractivity contribution in [2.24, 2.45) is 5.41 Å². The Bertz CT molecular complexity index is 318. The molecule has 1 aliphatic rings. The van der Waals surface area contributed by atoms with Crippen LogP contribution in [0.5, 0.6) is 0 Å². The van der Waals surface area contributed by atoms with Gasteiger partial charge in [0.25, 0.3) is 0 Å². The minimum atomic E-state index is -1.03. The molecule has 0 aromatic heterocycles. The Morgan fingerprint density at radius 3 is 2.83 bits per heavy atom. The predicted octanol–water partition coefficient (Wildman–Crippen LogP) is 0.0131. The summed E-state index contributed by atoms with van der Waals surface area (Å²) in [5.74, 6) is 0. The van der Waals surface area contributed by atoms with Crippen molar-refractivity contribution in [2.45, 2.75) is 0 Å². The molecule has 60 valence electrons. The van der Waals surface area contributed by atoms with Gasteiger partial charge in [-0.1, -0.05) is 0 Å². The summed E-state index contributed by atoms with van der Waals surface area (Å²) in [5.41, 5.74) is -0.746. The molecule has 1 rings (SSSR count). The van der Waals surface area contributed by atoms with Crippen molar-refractivity contribution in [3.8, 4) is 12.1 Å². The second-order valence-corrected chi connectivity index (χ2v) is 2.46. The maximum atomic E-state index is 8.90. The molecular formula is C8H7N3O. The summed E-state index contributed by atoms with van der Waals surface area (Å²) in [6.07, 6.45) is 4.42. The van der Waals surface area contributed by atoms with Gasteiger partial charge in [-0.2, -0.15) is 10.5 Å². The highest BCUT2D eigenvalue weighted by Gasteiger charge is 2.26. The van der Waals surface area contributed by atoms with Gasteiger partial charge in [0.15, 0.2) is 0 Å². The van der Waals surface area contributed by atoms with Gasteiger partial charge in [0.1, 0.15) is 17.2 Å². The highest BCUT2D eigenvalue weighted by Crippen LogP contribution is 2.22. The molecule has 2 N–H and O–H groups in total. The summed E-state index contributed by atoms with van der Waals surface area (Å²) in [4.78, 5) is 0. The Labute approximate surface area is 70.0 Å². The lowest BCUT2D eigenvalue weighted by atomic mass is 9.88. The fourth-order valence-electron chi connectivity index (χ4n) is 0.895. The second-order valence-electron chi connectivity index (χ2n) is 2.46. The quantitative estimate of drug-likeness (QED) is 0.567. The van der Waals surface area contributed by atoms with Gasteiger partial charge in [-0.15, -0.1) is 0 Å². The molecule has 0 bridgehead atoms. The predicted molar refractivity (Wildman–Crippen MR) is 41.1 cm³/mol. The summed E-state index contributed by atoms with van der Waals surface area (Å²) in [7, 11) is 0. The first-order valence-corrected chi connectivity index (χ1v) is 3.36. The van der Waals surface area contributed by atoms with Gasteiger partial charge >= 0.3 is 0 Å². The SMILES string of the molecule is N#CC1=CC(C#N)(CO)C=CN1. The average Bonchev–Trinajstić information content (AvgIpc) is 2.18. The topological polar surface area (TPSA) is 79.8 Å². The van der Waals surface area contributed by atoms with Crippen LogP contribution in [0.1, 0.15) is 0 Å². The minimum Gasteiger partial charge on any atom is -0.394 e. The van der Waals surface area contributed by atoms with Crippen LogP contribution in [0.15, 0.2) is 24.0 Å². The molecule has 1 aliphatic heterocycles. The van der Waals surface area contributed by atoms with Crippen molar-refractivity contribution in [1.82, 2.24) is 5.32 Å². The zero-order valence-corrected chi connectivity index (χ0v) is 6.28. The van der Waals surface area contributed by atoms with Crippen molar-refractivity contribution in [3.05, 3.63) is 24.0 Å². The van der Waals surface area contributed by atoms with Crippen molar-refractivity contribution in [1.29, 1.82) is 10.5 Å². The molecule has 0 radical (unpaired) electrons. The van der Waals surface area contributed by atoms with Crippen LogP contribution in [0.25, 0.3) is 0 Å². The molecule has 0 aromatic rings. The Morgan fingerprint density at radius 2 is 2.33 bits per heavy atom. The third-order valence-corrected chi connectivity index (χ3v) is 1.61. The molecule has 0 saturated heterocycles. The van der Waals surface area contributed by atoms with E-state index in [2.05, 4.69) is 5.32 Å². The molecule has 0 fully saturated rings. The van der Waals surface area contributed by atoms with Gasteiger partial charge in [-0.25, -0.2) is 0 Å². The van der Waals surface area contributed by atoms with Gasteiger partial charge < -0.3 is 10.4 Å². The number of hydrogen-bond donors (Lipinski definition) is 2. The van der Waals surface area contributed by atoms with E-state index in [0.29, 0.717) is 0 Å². The van der Waals surface area contributed by atoms with Gasteiger partial charge in [0.2, 0.25) is 0 Å². The van der Waals surface area contributed by atoms with Crippen molar-refractivity contribution >= 4 is 0 Å². The van der Waals surface area contributed by atoms with E-state index in [1.165, 1.54) is 18.4 Å². The minimum absolute atomic E-state index is 0.285. The van der Waals surface area contributed by atoms with E-state index < -0.39 is 5.41 Å². The van der Waals surface area contributed by atoms with Crippen LogP contribution in [0.3, 0.4) is 0 Å². The summed E-state index contributed by atoms with van der Waals surface area (Å²) in [6, 6.07) is 3.79. The fraction of sp³-hybridized carbons (Fsp3) is 0.250. The normalized spacial score (nSPS) is 26.4. The summed E-state index contributed by atoms with van der Waals surface area (Å²) in [5, 5.41) is 28.8. The van der Waals surface area contributed by atoms with E-state index in [9.17, 15) is 0 Å². The Kier molecular flexibility index (Phi) is 2.14. The van der Waals surface area contributed by atoms with E-state index in [0.717, 1.165) is 0 Å². The van der Waals surface area contributed by atoms with Crippen LogP contribution in [0.2, 0.25) is 0 Å². The highest BCUT2D eigenvalue weighted by molar-refractivity contribution is 5.35. The molecule has 0 spiro atoms. The maximum Gasteiger partial charge on any atom is 0.121 e. The summed E-state index contributed by atoms with van der Waals surface area (Å²) in [6.45, 7) is -0.313. The number of dihydropyridines is 1. The van der Waals surface area contributed by atoms with Crippen LogP contribution in [0.4, 0.5) is 0 Å². The summed E-state index contributed by atoms with van der Waals surface area (Å²) < 4.78 is 0. The van der Waals surface area contributed by atoms with Crippen LogP contribution < -0.4 is 5.32 Å². The number of allylic oxidation sites excluding steroid dienone is 1. The van der Waals surface area contributed by atoms with Gasteiger partial charge in [0, 0.05) is 0 Å². The second kappa shape index (κ2) is 3.08. The third-order valence-electron chi connectivity index (χ3n) is 1.61. The number of aliphatic hydroxyl groups is 1. The molecule has 1 unspecified atom stereocenters. The first-order chi connectivity index (χ1) is 5.76. The average molecular weight is 161 g/mol. The molecule has 4 nitrogen and oxygen atoms in total. The van der Waals surface area contributed by atoms with Crippen LogP contribution in [-0.2, 0) is 0 Å². The van der Waals surface area contributed by atoms with E-state index >= 15 is 0 Å². The van der Waals surface area contributed by atoms with Crippen LogP contribution in [0, 0.1) is 28.1 Å². The molecule has 1 heterocycles. The number of nitrogens with one attached hydrogen (secondary N) is 1. The number of aliphatic hydroxyl groups excluding tert-OH is 1. The molecule has 0 aliphatic carbocycles. The third kappa shape index (κ3) is 1.29.